The number of aromatic nitrogens is 2. The number of hydrogen-bond acceptors (Lipinski definition) is 8. The molecule has 0 aliphatic carbocycles. The second-order valence-electron chi connectivity index (χ2n) is 17.0. The molecule has 11 nitrogen and oxygen atoms in total. The van der Waals surface area contributed by atoms with Crippen molar-refractivity contribution in [3.8, 4) is 0 Å². The number of rotatable bonds is 16. The Balaban J connectivity index is 0.000000302. The number of nitrogens with zero attached hydrogens (tertiary/aromatic N) is 3. The summed E-state index contributed by atoms with van der Waals surface area (Å²) in [6, 6.07) is 19.5. The van der Waals surface area contributed by atoms with Crippen molar-refractivity contribution in [2.45, 2.75) is 111 Å². The zero-order valence-corrected chi connectivity index (χ0v) is 38.1. The molecular formula is C50H59F4N5O6. The van der Waals surface area contributed by atoms with Crippen LogP contribution in [0.2, 0.25) is 0 Å². The molecule has 0 saturated heterocycles. The molecular weight excluding hydrogens is 843 g/mol. The van der Waals surface area contributed by atoms with Crippen LogP contribution in [0.25, 0.3) is 0 Å². The van der Waals surface area contributed by atoms with E-state index in [1.165, 1.54) is 0 Å². The zero-order valence-electron chi connectivity index (χ0n) is 38.1. The molecule has 0 radical (unpaired) electrons. The van der Waals surface area contributed by atoms with Gasteiger partial charge in [-0.05, 0) is 151 Å². The number of pyridine rings is 2. The van der Waals surface area contributed by atoms with E-state index in [9.17, 15) is 42.2 Å². The molecule has 2 heterocycles. The topological polar surface area (TPSA) is 154 Å². The van der Waals surface area contributed by atoms with E-state index in [1.807, 2.05) is 13.8 Å². The average molecular weight is 902 g/mol. The highest BCUT2D eigenvalue weighted by molar-refractivity contribution is 6.00. The number of hydrogen-bond donors (Lipinski definition) is 4. The van der Waals surface area contributed by atoms with Gasteiger partial charge in [0.25, 0.3) is 11.8 Å². The molecule has 2 unspecified atom stereocenters. The van der Waals surface area contributed by atoms with Gasteiger partial charge in [-0.2, -0.15) is 0 Å². The summed E-state index contributed by atoms with van der Waals surface area (Å²) < 4.78 is 60.0. The molecule has 0 bridgehead atoms. The Hall–Kier alpha value is -6.19. The van der Waals surface area contributed by atoms with Crippen LogP contribution in [0.4, 0.5) is 22.4 Å². The van der Waals surface area contributed by atoms with Crippen molar-refractivity contribution in [3.63, 3.8) is 0 Å². The van der Waals surface area contributed by atoms with E-state index in [4.69, 9.17) is 4.74 Å². The summed E-state index contributed by atoms with van der Waals surface area (Å²) >= 11 is 0. The summed E-state index contributed by atoms with van der Waals surface area (Å²) in [5, 5.41) is 27.3. The number of benzene rings is 3. The predicted molar refractivity (Wildman–Crippen MR) is 240 cm³/mol. The van der Waals surface area contributed by atoms with Crippen LogP contribution in [0.5, 0.6) is 0 Å². The number of carbonyl (C=O) groups excluding carboxylic acids is 3. The van der Waals surface area contributed by atoms with Crippen LogP contribution in [-0.4, -0.2) is 73.8 Å². The highest BCUT2D eigenvalue weighted by Crippen LogP contribution is 2.23. The number of ether oxygens (including phenoxy) is 1. The fourth-order valence-electron chi connectivity index (χ4n) is 7.10. The molecule has 5 aromatic rings. The van der Waals surface area contributed by atoms with Crippen LogP contribution in [0.3, 0.4) is 0 Å². The smallest absolute Gasteiger partial charge is 0.407 e. The van der Waals surface area contributed by atoms with Crippen molar-refractivity contribution in [1.82, 2.24) is 25.5 Å². The van der Waals surface area contributed by atoms with Crippen molar-refractivity contribution in [1.29, 1.82) is 0 Å². The molecule has 15 heteroatoms. The Morgan fingerprint density at radius 2 is 1.08 bits per heavy atom. The van der Waals surface area contributed by atoms with Crippen LogP contribution < -0.4 is 10.6 Å². The monoisotopic (exact) mass is 901 g/mol. The number of amides is 3. The second-order valence-corrected chi connectivity index (χ2v) is 17.0. The zero-order chi connectivity index (χ0) is 48.0. The molecule has 0 aliphatic rings. The lowest BCUT2D eigenvalue weighted by Gasteiger charge is -2.26. The molecule has 0 spiro atoms. The third-order valence-electron chi connectivity index (χ3n) is 9.82. The van der Waals surface area contributed by atoms with E-state index < -0.39 is 65.2 Å². The Kier molecular flexibility index (Phi) is 18.7. The lowest BCUT2D eigenvalue weighted by atomic mass is 9.97. The Morgan fingerprint density at radius 3 is 1.49 bits per heavy atom. The highest BCUT2D eigenvalue weighted by atomic mass is 19.1. The first-order valence-corrected chi connectivity index (χ1v) is 21.5. The summed E-state index contributed by atoms with van der Waals surface area (Å²) in [5.41, 5.74) is 3.26. The molecule has 4 N–H and O–H groups in total. The number of aliphatic hydroxyl groups excluding tert-OH is 2. The van der Waals surface area contributed by atoms with Crippen molar-refractivity contribution in [2.75, 3.05) is 13.1 Å². The van der Waals surface area contributed by atoms with Gasteiger partial charge in [0.2, 0.25) is 0 Å². The molecule has 348 valence electrons. The average Bonchev–Trinajstić information content (AvgIpc) is 3.21. The van der Waals surface area contributed by atoms with Crippen LogP contribution in [0, 0.1) is 44.0 Å². The molecule has 0 aliphatic heterocycles. The standard InChI is InChI=1S/C30H35F2N3O3.C20H24F2N2O3/c1-5-10-35(11-6-2)30(38)23-13-19(3)12-22(17-23)29(37)34-27(16-21-14-24(31)18-25(32)15-21)28(36)26-9-7-8-20(4)33-26;1-12-6-5-7-16(23-12)18(25)17(24-19(26)27-20(2,3)4)10-13-8-14(21)11-15(22)9-13/h7-9,12-15,17-18,27-28,36H,5-6,10-11,16H2,1-4H3,(H,34,37);5-9,11,17-18,25H,10H2,1-4H3,(H,24,26)/t27-,28?;17-,18?/m00/s1. The molecule has 4 atom stereocenters. The molecule has 0 fully saturated rings. The van der Waals surface area contributed by atoms with Crippen molar-refractivity contribution >= 4 is 17.9 Å². The van der Waals surface area contributed by atoms with E-state index in [2.05, 4.69) is 20.6 Å². The highest BCUT2D eigenvalue weighted by Gasteiger charge is 2.29. The maximum atomic E-state index is 13.9. The van der Waals surface area contributed by atoms with Gasteiger partial charge in [-0.1, -0.05) is 26.0 Å². The number of carbonyl (C=O) groups is 3. The summed E-state index contributed by atoms with van der Waals surface area (Å²) in [4.78, 5) is 49.2. The van der Waals surface area contributed by atoms with Crippen LogP contribution in [0.1, 0.15) is 120 Å². The largest absolute Gasteiger partial charge is 0.444 e. The first kappa shape index (κ1) is 51.4. The quantitative estimate of drug-likeness (QED) is 0.0716. The SMILES string of the molecule is CCCN(CCC)C(=O)c1cc(C)cc(C(=O)N[C@@H](Cc2cc(F)cc(F)c2)C(O)c2cccc(C)n2)c1.Cc1cccc(C(O)[C@H](Cc2cc(F)cc(F)c2)NC(=O)OC(C)(C)C)n1. The molecule has 0 saturated carbocycles. The van der Waals surface area contributed by atoms with E-state index >= 15 is 0 Å². The van der Waals surface area contributed by atoms with Crippen molar-refractivity contribution < 1.29 is 46.9 Å². The lowest BCUT2D eigenvalue weighted by Crippen LogP contribution is -2.43. The number of aryl methyl sites for hydroxylation is 3. The van der Waals surface area contributed by atoms with Gasteiger partial charge in [0.05, 0.1) is 23.5 Å². The molecule has 3 amide bonds. The molecule has 65 heavy (non-hydrogen) atoms. The normalized spacial score (nSPS) is 13.1. The minimum absolute atomic E-state index is 0.00921. The van der Waals surface area contributed by atoms with Crippen molar-refractivity contribution in [3.05, 3.63) is 165 Å². The number of nitrogens with one attached hydrogen (secondary N) is 2. The number of alkyl carbamates (subject to hydrolysis) is 1. The minimum Gasteiger partial charge on any atom is -0.444 e. The summed E-state index contributed by atoms with van der Waals surface area (Å²) in [7, 11) is 0. The third kappa shape index (κ3) is 16.4. The van der Waals surface area contributed by atoms with Crippen LogP contribution >= 0.6 is 0 Å². The van der Waals surface area contributed by atoms with Gasteiger partial charge in [-0.25, -0.2) is 22.4 Å². The first-order valence-electron chi connectivity index (χ1n) is 21.5. The van der Waals surface area contributed by atoms with Crippen molar-refractivity contribution in [2.24, 2.45) is 0 Å². The second kappa shape index (κ2) is 23.7. The third-order valence-corrected chi connectivity index (χ3v) is 9.82. The van der Waals surface area contributed by atoms with Gasteiger partial charge in [0.15, 0.2) is 0 Å². The maximum Gasteiger partial charge on any atom is 0.407 e. The number of halogens is 4. The fourth-order valence-corrected chi connectivity index (χ4v) is 7.10. The van der Waals surface area contributed by atoms with Gasteiger partial charge in [-0.15, -0.1) is 0 Å². The van der Waals surface area contributed by atoms with E-state index in [1.54, 1.807) is 101 Å². The molecule has 3 aromatic carbocycles. The fraction of sp³-hybridized carbons (Fsp3) is 0.380. The number of aliphatic hydroxyl groups is 2. The Bertz CT molecular complexity index is 2360. The van der Waals surface area contributed by atoms with Crippen LogP contribution in [-0.2, 0) is 17.6 Å². The predicted octanol–water partition coefficient (Wildman–Crippen LogP) is 9.15. The Morgan fingerprint density at radius 1 is 0.646 bits per heavy atom. The van der Waals surface area contributed by atoms with E-state index in [0.29, 0.717) is 47.0 Å². The summed E-state index contributed by atoms with van der Waals surface area (Å²) in [6.07, 6.45) is -1.60. The lowest BCUT2D eigenvalue weighted by molar-refractivity contribution is 0.0417. The molecule has 5 rings (SSSR count). The molecule has 2 aromatic heterocycles. The maximum absolute atomic E-state index is 13.9. The van der Waals surface area contributed by atoms with Gasteiger partial charge < -0.3 is 30.5 Å². The first-order chi connectivity index (χ1) is 30.6. The summed E-state index contributed by atoms with van der Waals surface area (Å²) in [5.74, 6) is -3.64. The van der Waals surface area contributed by atoms with Crippen LogP contribution in [0.15, 0.2) is 91.0 Å². The Labute approximate surface area is 378 Å². The minimum atomic E-state index is -1.25. The van der Waals surface area contributed by atoms with E-state index in [-0.39, 0.29) is 29.9 Å². The van der Waals surface area contributed by atoms with E-state index in [0.717, 1.165) is 54.8 Å². The van der Waals surface area contributed by atoms with Gasteiger partial charge in [0, 0.05) is 47.7 Å². The van der Waals surface area contributed by atoms with Gasteiger partial charge >= 0.3 is 6.09 Å². The van der Waals surface area contributed by atoms with Gasteiger partial charge in [0.1, 0.15) is 41.1 Å². The summed E-state index contributed by atoms with van der Waals surface area (Å²) in [6.45, 7) is 15.7. The van der Waals surface area contributed by atoms with Gasteiger partial charge in [-0.3, -0.25) is 19.6 Å².